The minimum Gasteiger partial charge on any atom is -0.229 e. The van der Waals surface area contributed by atoms with Crippen molar-refractivity contribution in [3.05, 3.63) is 17.1 Å². The number of hydrogen-bond donors (Lipinski definition) is 0. The van der Waals surface area contributed by atoms with Gasteiger partial charge in [-0.3, -0.25) is 0 Å². The van der Waals surface area contributed by atoms with Crippen molar-refractivity contribution in [1.82, 2.24) is 9.97 Å². The van der Waals surface area contributed by atoms with Crippen LogP contribution < -0.4 is 0 Å². The summed E-state index contributed by atoms with van der Waals surface area (Å²) >= 11 is 3.03. The van der Waals surface area contributed by atoms with E-state index in [0.717, 1.165) is 0 Å². The first kappa shape index (κ1) is 10.6. The van der Waals surface area contributed by atoms with Crippen molar-refractivity contribution in [2.45, 2.75) is 24.0 Å². The summed E-state index contributed by atoms with van der Waals surface area (Å²) in [5.74, 6) is 0. The average Bonchev–Trinajstić information content (AvgIpc) is 2.04. The van der Waals surface area contributed by atoms with Crippen LogP contribution in [0.3, 0.4) is 0 Å². The van der Waals surface area contributed by atoms with E-state index in [1.165, 1.54) is 12.4 Å². The maximum atomic E-state index is 11.5. The van der Waals surface area contributed by atoms with Gasteiger partial charge in [0.1, 0.15) is 4.90 Å². The molecule has 0 saturated carbocycles. The lowest BCUT2D eigenvalue weighted by molar-refractivity contribution is 0.586. The number of hydrogen-bond acceptors (Lipinski definition) is 4. The van der Waals surface area contributed by atoms with Gasteiger partial charge in [0.25, 0.3) is 0 Å². The minimum atomic E-state index is -3.24. The Labute approximate surface area is 85.5 Å². The van der Waals surface area contributed by atoms with Crippen LogP contribution in [-0.2, 0) is 9.84 Å². The lowest BCUT2D eigenvalue weighted by atomic mass is 10.6. The van der Waals surface area contributed by atoms with Crippen LogP contribution in [0, 0.1) is 0 Å². The molecule has 0 aliphatic rings. The Bertz CT molecular complexity index is 385. The zero-order valence-corrected chi connectivity index (χ0v) is 9.63. The van der Waals surface area contributed by atoms with Gasteiger partial charge in [-0.1, -0.05) is 0 Å². The van der Waals surface area contributed by atoms with Gasteiger partial charge in [0.15, 0.2) is 14.6 Å². The Morgan fingerprint density at radius 3 is 2.15 bits per heavy atom. The Morgan fingerprint density at radius 1 is 1.31 bits per heavy atom. The fraction of sp³-hybridized carbons (Fsp3) is 0.429. The van der Waals surface area contributed by atoms with E-state index in [0.29, 0.717) is 4.73 Å². The van der Waals surface area contributed by atoms with Crippen molar-refractivity contribution in [2.24, 2.45) is 0 Å². The van der Waals surface area contributed by atoms with Gasteiger partial charge in [-0.05, 0) is 29.8 Å². The highest BCUT2D eigenvalue weighted by Crippen LogP contribution is 2.14. The predicted molar refractivity (Wildman–Crippen MR) is 52.1 cm³/mol. The van der Waals surface area contributed by atoms with Crippen LogP contribution in [0.5, 0.6) is 0 Å². The highest BCUT2D eigenvalue weighted by atomic mass is 79.9. The first-order chi connectivity index (χ1) is 5.94. The Balaban J connectivity index is 3.17. The van der Waals surface area contributed by atoms with Gasteiger partial charge in [0.05, 0.1) is 17.6 Å². The molecule has 0 aromatic carbocycles. The van der Waals surface area contributed by atoms with E-state index in [1.54, 1.807) is 13.8 Å². The van der Waals surface area contributed by atoms with Gasteiger partial charge in [-0.15, -0.1) is 0 Å². The topological polar surface area (TPSA) is 59.9 Å². The molecule has 0 spiro atoms. The zero-order chi connectivity index (χ0) is 10.1. The van der Waals surface area contributed by atoms with Gasteiger partial charge in [0.2, 0.25) is 0 Å². The molecule has 0 aliphatic carbocycles. The van der Waals surface area contributed by atoms with Gasteiger partial charge in [0, 0.05) is 0 Å². The largest absolute Gasteiger partial charge is 0.229 e. The summed E-state index contributed by atoms with van der Waals surface area (Å²) < 4.78 is 23.5. The smallest absolute Gasteiger partial charge is 0.196 e. The van der Waals surface area contributed by atoms with Crippen LogP contribution in [0.4, 0.5) is 0 Å². The third-order valence-corrected chi connectivity index (χ3v) is 4.06. The first-order valence-electron chi connectivity index (χ1n) is 3.66. The summed E-state index contributed by atoms with van der Waals surface area (Å²) in [6, 6.07) is 0. The molecule has 0 amide bonds. The van der Waals surface area contributed by atoms with E-state index in [9.17, 15) is 8.42 Å². The molecule has 1 aromatic rings. The molecule has 1 rings (SSSR count). The third kappa shape index (κ3) is 2.25. The van der Waals surface area contributed by atoms with Gasteiger partial charge in [-0.2, -0.15) is 0 Å². The lowest BCUT2D eigenvalue weighted by Crippen LogP contribution is -2.14. The molecule has 0 aliphatic heterocycles. The number of halogens is 1. The molecular formula is C7H9BrN2O2S. The molecule has 4 nitrogen and oxygen atoms in total. The van der Waals surface area contributed by atoms with Gasteiger partial charge >= 0.3 is 0 Å². The SMILES string of the molecule is CC(C)S(=O)(=O)c1cnc(Br)nc1. The summed E-state index contributed by atoms with van der Waals surface area (Å²) in [4.78, 5) is 7.67. The average molecular weight is 265 g/mol. The van der Waals surface area contributed by atoms with E-state index in [4.69, 9.17) is 0 Å². The molecule has 1 aromatic heterocycles. The van der Waals surface area contributed by atoms with Crippen LogP contribution >= 0.6 is 15.9 Å². The number of rotatable bonds is 2. The van der Waals surface area contributed by atoms with Crippen LogP contribution in [0.2, 0.25) is 0 Å². The summed E-state index contributed by atoms with van der Waals surface area (Å²) in [6.07, 6.45) is 2.60. The van der Waals surface area contributed by atoms with Crippen molar-refractivity contribution in [3.63, 3.8) is 0 Å². The maximum Gasteiger partial charge on any atom is 0.196 e. The molecule has 72 valence electrons. The summed E-state index contributed by atoms with van der Waals surface area (Å²) in [6.45, 7) is 3.24. The summed E-state index contributed by atoms with van der Waals surface area (Å²) in [5, 5.41) is -0.447. The highest BCUT2D eigenvalue weighted by Gasteiger charge is 2.19. The molecule has 1 heterocycles. The monoisotopic (exact) mass is 264 g/mol. The Hall–Kier alpha value is -0.490. The third-order valence-electron chi connectivity index (χ3n) is 1.55. The Morgan fingerprint density at radius 2 is 1.77 bits per heavy atom. The number of nitrogens with zero attached hydrogens (tertiary/aromatic N) is 2. The van der Waals surface area contributed by atoms with Crippen molar-refractivity contribution < 1.29 is 8.42 Å². The molecule has 0 saturated heterocycles. The summed E-state index contributed by atoms with van der Waals surface area (Å²) in [5.41, 5.74) is 0. The van der Waals surface area contributed by atoms with Crippen molar-refractivity contribution in [3.8, 4) is 0 Å². The molecule has 6 heteroatoms. The van der Waals surface area contributed by atoms with Crippen LogP contribution in [-0.4, -0.2) is 23.6 Å². The van der Waals surface area contributed by atoms with Crippen LogP contribution in [0.25, 0.3) is 0 Å². The normalized spacial score (nSPS) is 12.0. The Kier molecular flexibility index (Phi) is 3.02. The van der Waals surface area contributed by atoms with E-state index < -0.39 is 15.1 Å². The molecule has 13 heavy (non-hydrogen) atoms. The van der Waals surface area contributed by atoms with Crippen LogP contribution in [0.1, 0.15) is 13.8 Å². The summed E-state index contributed by atoms with van der Waals surface area (Å²) in [7, 11) is -3.24. The van der Waals surface area contributed by atoms with Crippen molar-refractivity contribution >= 4 is 25.8 Å². The molecule has 0 bridgehead atoms. The first-order valence-corrected chi connectivity index (χ1v) is 6.00. The molecule has 0 N–H and O–H groups in total. The fourth-order valence-electron chi connectivity index (χ4n) is 0.720. The van der Waals surface area contributed by atoms with Crippen LogP contribution in [0.15, 0.2) is 22.0 Å². The van der Waals surface area contributed by atoms with Crippen molar-refractivity contribution in [1.29, 1.82) is 0 Å². The second-order valence-electron chi connectivity index (χ2n) is 2.78. The molecule has 0 radical (unpaired) electrons. The number of aromatic nitrogens is 2. The number of sulfone groups is 1. The second kappa shape index (κ2) is 3.71. The van der Waals surface area contributed by atoms with Gasteiger partial charge in [-0.25, -0.2) is 18.4 Å². The van der Waals surface area contributed by atoms with E-state index >= 15 is 0 Å². The quantitative estimate of drug-likeness (QED) is 0.759. The molecule has 0 fully saturated rings. The highest BCUT2D eigenvalue weighted by molar-refractivity contribution is 9.10. The zero-order valence-electron chi connectivity index (χ0n) is 7.23. The molecule has 0 atom stereocenters. The standard InChI is InChI=1S/C7H9BrN2O2S/c1-5(2)13(11,12)6-3-9-7(8)10-4-6/h3-5H,1-2H3. The van der Waals surface area contributed by atoms with Crippen molar-refractivity contribution in [2.75, 3.05) is 0 Å². The van der Waals surface area contributed by atoms with Gasteiger partial charge < -0.3 is 0 Å². The fourth-order valence-corrected chi connectivity index (χ4v) is 1.87. The minimum absolute atomic E-state index is 0.158. The molecule has 0 unspecified atom stereocenters. The van der Waals surface area contributed by atoms with E-state index in [1.807, 2.05) is 0 Å². The maximum absolute atomic E-state index is 11.5. The lowest BCUT2D eigenvalue weighted by Gasteiger charge is -2.05. The van der Waals surface area contributed by atoms with E-state index in [-0.39, 0.29) is 4.90 Å². The second-order valence-corrected chi connectivity index (χ2v) is 6.00. The predicted octanol–water partition coefficient (Wildman–Crippen LogP) is 1.42. The van der Waals surface area contributed by atoms with E-state index in [2.05, 4.69) is 25.9 Å². The molecular weight excluding hydrogens is 256 g/mol.